The molecule has 2 heterocycles. The third-order valence-corrected chi connectivity index (χ3v) is 5.59. The maximum Gasteiger partial charge on any atom is 0.275 e. The molecule has 0 saturated heterocycles. The second kappa shape index (κ2) is 8.64. The highest BCUT2D eigenvalue weighted by atomic mass is 35.5. The van der Waals surface area contributed by atoms with Crippen molar-refractivity contribution in [3.05, 3.63) is 81.2 Å². The summed E-state index contributed by atoms with van der Waals surface area (Å²) >= 11 is 7.33. The van der Waals surface area contributed by atoms with Crippen molar-refractivity contribution in [1.82, 2.24) is 19.9 Å². The summed E-state index contributed by atoms with van der Waals surface area (Å²) in [5.41, 5.74) is 2.17. The van der Waals surface area contributed by atoms with Crippen LogP contribution in [0.25, 0.3) is 15.5 Å². The molecule has 30 heavy (non-hydrogen) atoms. The van der Waals surface area contributed by atoms with Crippen LogP contribution in [0.5, 0.6) is 5.75 Å². The molecule has 9 heteroatoms. The highest BCUT2D eigenvalue weighted by Gasteiger charge is 2.13. The van der Waals surface area contributed by atoms with Crippen molar-refractivity contribution < 1.29 is 9.53 Å². The van der Waals surface area contributed by atoms with E-state index < -0.39 is 0 Å². The maximum absolute atomic E-state index is 12.4. The van der Waals surface area contributed by atoms with E-state index in [0.717, 1.165) is 11.1 Å². The summed E-state index contributed by atoms with van der Waals surface area (Å²) in [4.78, 5) is 29.4. The fraction of sp³-hybridized carbons (Fsp3) is 0.143. The SMILES string of the molecule is Cc1ccccc1-c1nn2c(=O)cc(CNC(=O)COc3ccccc3Cl)nc2s1. The van der Waals surface area contributed by atoms with E-state index in [0.29, 0.717) is 26.4 Å². The molecule has 0 bridgehead atoms. The van der Waals surface area contributed by atoms with E-state index in [4.69, 9.17) is 16.3 Å². The van der Waals surface area contributed by atoms with Gasteiger partial charge in [0, 0.05) is 11.6 Å². The molecule has 0 aliphatic rings. The van der Waals surface area contributed by atoms with Crippen LogP contribution in [0.4, 0.5) is 0 Å². The van der Waals surface area contributed by atoms with Crippen LogP contribution in [0.1, 0.15) is 11.3 Å². The number of halogens is 1. The third-order valence-electron chi connectivity index (χ3n) is 4.34. The van der Waals surface area contributed by atoms with E-state index in [1.54, 1.807) is 24.3 Å². The Bertz CT molecular complexity index is 1280. The Labute approximate surface area is 180 Å². The molecule has 1 N–H and O–H groups in total. The summed E-state index contributed by atoms with van der Waals surface area (Å²) in [6.45, 7) is 1.90. The minimum atomic E-state index is -0.346. The zero-order chi connectivity index (χ0) is 21.1. The molecule has 0 aliphatic carbocycles. The lowest BCUT2D eigenvalue weighted by Crippen LogP contribution is -2.29. The Morgan fingerprint density at radius 2 is 1.97 bits per heavy atom. The lowest BCUT2D eigenvalue weighted by atomic mass is 10.1. The molecule has 0 aliphatic heterocycles. The largest absolute Gasteiger partial charge is 0.482 e. The summed E-state index contributed by atoms with van der Waals surface area (Å²) in [5, 5.41) is 8.23. The number of aromatic nitrogens is 3. The molecule has 2 aromatic heterocycles. The predicted octanol–water partition coefficient (Wildman–Crippen LogP) is 3.48. The standard InChI is InChI=1S/C21H17ClN4O3S/c1-13-6-2-3-7-15(13)20-25-26-19(28)10-14(24-21(26)30-20)11-23-18(27)12-29-17-9-5-4-8-16(17)22/h2-10H,11-12H2,1H3,(H,23,27). The molecular formula is C21H17ClN4O3S. The van der Waals surface area contributed by atoms with Crippen molar-refractivity contribution >= 4 is 33.8 Å². The van der Waals surface area contributed by atoms with Gasteiger partial charge in [0.15, 0.2) is 6.61 Å². The minimum absolute atomic E-state index is 0.105. The molecule has 0 atom stereocenters. The molecule has 4 aromatic rings. The number of nitrogens with one attached hydrogen (secondary N) is 1. The average molecular weight is 441 g/mol. The fourth-order valence-corrected chi connectivity index (χ4v) is 4.02. The Morgan fingerprint density at radius 3 is 2.77 bits per heavy atom. The molecule has 0 fully saturated rings. The van der Waals surface area contributed by atoms with Gasteiger partial charge >= 0.3 is 0 Å². The number of amides is 1. The van der Waals surface area contributed by atoms with E-state index in [1.165, 1.54) is 21.9 Å². The van der Waals surface area contributed by atoms with Gasteiger partial charge in [0.05, 0.1) is 17.3 Å². The molecule has 0 spiro atoms. The Morgan fingerprint density at radius 1 is 1.20 bits per heavy atom. The highest BCUT2D eigenvalue weighted by Crippen LogP contribution is 2.27. The van der Waals surface area contributed by atoms with Crippen LogP contribution in [-0.4, -0.2) is 27.1 Å². The van der Waals surface area contributed by atoms with Gasteiger partial charge in [-0.1, -0.05) is 59.3 Å². The number of benzene rings is 2. The van der Waals surface area contributed by atoms with Gasteiger partial charge in [-0.15, -0.1) is 0 Å². The van der Waals surface area contributed by atoms with Gasteiger partial charge in [-0.3, -0.25) is 9.59 Å². The Balaban J connectivity index is 1.46. The van der Waals surface area contributed by atoms with Crippen molar-refractivity contribution in [3.8, 4) is 16.3 Å². The fourth-order valence-electron chi connectivity index (χ4n) is 2.81. The van der Waals surface area contributed by atoms with Crippen LogP contribution < -0.4 is 15.6 Å². The predicted molar refractivity (Wildman–Crippen MR) is 116 cm³/mol. The number of para-hydroxylation sites is 1. The first-order valence-electron chi connectivity index (χ1n) is 9.11. The number of fused-ring (bicyclic) bond motifs is 1. The molecule has 0 saturated carbocycles. The van der Waals surface area contributed by atoms with E-state index in [1.807, 2.05) is 31.2 Å². The molecule has 7 nitrogen and oxygen atoms in total. The zero-order valence-corrected chi connectivity index (χ0v) is 17.5. The number of nitrogens with zero attached hydrogens (tertiary/aromatic N) is 3. The van der Waals surface area contributed by atoms with Crippen LogP contribution >= 0.6 is 22.9 Å². The summed E-state index contributed by atoms with van der Waals surface area (Å²) in [5.74, 6) is 0.0855. The topological polar surface area (TPSA) is 85.6 Å². The number of hydrogen-bond acceptors (Lipinski definition) is 6. The minimum Gasteiger partial charge on any atom is -0.482 e. The van der Waals surface area contributed by atoms with Crippen LogP contribution in [0, 0.1) is 6.92 Å². The van der Waals surface area contributed by atoms with Crippen LogP contribution in [0.2, 0.25) is 5.02 Å². The number of rotatable bonds is 6. The summed E-state index contributed by atoms with van der Waals surface area (Å²) in [6.07, 6.45) is 0. The molecule has 4 rings (SSSR count). The van der Waals surface area contributed by atoms with Gasteiger partial charge in [0.2, 0.25) is 4.96 Å². The van der Waals surface area contributed by atoms with Crippen LogP contribution in [0.15, 0.2) is 59.4 Å². The van der Waals surface area contributed by atoms with Gasteiger partial charge in [0.1, 0.15) is 10.8 Å². The van der Waals surface area contributed by atoms with E-state index in [9.17, 15) is 9.59 Å². The second-order valence-corrected chi connectivity index (χ2v) is 7.86. The second-order valence-electron chi connectivity index (χ2n) is 6.50. The zero-order valence-electron chi connectivity index (χ0n) is 16.0. The first kappa shape index (κ1) is 20.1. The summed E-state index contributed by atoms with van der Waals surface area (Å²) in [6, 6.07) is 16.1. The number of ether oxygens (including phenoxy) is 1. The normalized spacial score (nSPS) is 10.9. The third kappa shape index (κ3) is 4.34. The summed E-state index contributed by atoms with van der Waals surface area (Å²) < 4.78 is 6.68. The molecule has 152 valence electrons. The lowest BCUT2D eigenvalue weighted by molar-refractivity contribution is -0.123. The van der Waals surface area contributed by atoms with Crippen molar-refractivity contribution in [2.45, 2.75) is 13.5 Å². The maximum atomic E-state index is 12.4. The lowest BCUT2D eigenvalue weighted by Gasteiger charge is -2.08. The van der Waals surface area contributed by atoms with Gasteiger partial charge in [-0.25, -0.2) is 4.98 Å². The van der Waals surface area contributed by atoms with Crippen molar-refractivity contribution in [1.29, 1.82) is 0 Å². The Hall–Kier alpha value is -3.23. The molecule has 0 unspecified atom stereocenters. The van der Waals surface area contributed by atoms with Gasteiger partial charge in [0.25, 0.3) is 11.5 Å². The molecular weight excluding hydrogens is 424 g/mol. The van der Waals surface area contributed by atoms with Gasteiger partial charge in [-0.05, 0) is 24.6 Å². The van der Waals surface area contributed by atoms with Crippen molar-refractivity contribution in [2.75, 3.05) is 6.61 Å². The average Bonchev–Trinajstić information content (AvgIpc) is 3.16. The highest BCUT2D eigenvalue weighted by molar-refractivity contribution is 7.19. The first-order valence-corrected chi connectivity index (χ1v) is 10.3. The number of carbonyl (C=O) groups is 1. The Kier molecular flexibility index (Phi) is 5.78. The van der Waals surface area contributed by atoms with Gasteiger partial charge < -0.3 is 10.1 Å². The van der Waals surface area contributed by atoms with E-state index in [2.05, 4.69) is 15.4 Å². The molecule has 0 radical (unpaired) electrons. The quantitative estimate of drug-likeness (QED) is 0.496. The molecule has 2 aromatic carbocycles. The number of aryl methyl sites for hydroxylation is 1. The monoisotopic (exact) mass is 440 g/mol. The van der Waals surface area contributed by atoms with Crippen LogP contribution in [-0.2, 0) is 11.3 Å². The van der Waals surface area contributed by atoms with E-state index >= 15 is 0 Å². The number of carbonyl (C=O) groups excluding carboxylic acids is 1. The summed E-state index contributed by atoms with van der Waals surface area (Å²) in [7, 11) is 0. The number of hydrogen-bond donors (Lipinski definition) is 1. The van der Waals surface area contributed by atoms with Gasteiger partial charge in [-0.2, -0.15) is 9.61 Å². The van der Waals surface area contributed by atoms with E-state index in [-0.39, 0.29) is 24.6 Å². The van der Waals surface area contributed by atoms with Crippen molar-refractivity contribution in [2.24, 2.45) is 0 Å². The first-order chi connectivity index (χ1) is 14.5. The molecule has 1 amide bonds. The van der Waals surface area contributed by atoms with Crippen molar-refractivity contribution in [3.63, 3.8) is 0 Å². The smallest absolute Gasteiger partial charge is 0.275 e. The van der Waals surface area contributed by atoms with Crippen LogP contribution in [0.3, 0.4) is 0 Å².